The fourth-order valence-electron chi connectivity index (χ4n) is 3.53. The molecular formula is C19H31N3O3S. The molecule has 0 aromatic heterocycles. The van der Waals surface area contributed by atoms with Gasteiger partial charge in [-0.05, 0) is 57.0 Å². The van der Waals surface area contributed by atoms with Gasteiger partial charge in [-0.3, -0.25) is 4.79 Å². The van der Waals surface area contributed by atoms with Gasteiger partial charge in [-0.25, -0.2) is 8.42 Å². The average molecular weight is 382 g/mol. The number of carbonyl (C=O) groups excluding carboxylic acids is 1. The minimum absolute atomic E-state index is 0.0797. The lowest BCUT2D eigenvalue weighted by Gasteiger charge is -2.32. The monoisotopic (exact) mass is 381 g/mol. The van der Waals surface area contributed by atoms with E-state index in [2.05, 4.69) is 5.32 Å². The molecule has 0 bridgehead atoms. The maximum Gasteiger partial charge on any atom is 0.253 e. The summed E-state index contributed by atoms with van der Waals surface area (Å²) in [6.45, 7) is 8.65. The second-order valence-electron chi connectivity index (χ2n) is 6.86. The van der Waals surface area contributed by atoms with E-state index in [0.29, 0.717) is 30.1 Å². The SMILES string of the molecule is CCN(CC)S(=O)(=O)c1cc(C(=O)N2CCC(CNC)CC2)ccc1C. The van der Waals surface area contributed by atoms with Gasteiger partial charge in [-0.2, -0.15) is 4.31 Å². The summed E-state index contributed by atoms with van der Waals surface area (Å²) in [6.07, 6.45) is 1.95. The number of hydrogen-bond donors (Lipinski definition) is 1. The molecule has 1 saturated heterocycles. The first-order valence-corrected chi connectivity index (χ1v) is 10.8. The van der Waals surface area contributed by atoms with E-state index in [1.807, 2.05) is 25.8 Å². The van der Waals surface area contributed by atoms with Crippen LogP contribution in [0.1, 0.15) is 42.6 Å². The van der Waals surface area contributed by atoms with Gasteiger partial charge in [0, 0.05) is 31.7 Å². The minimum atomic E-state index is -3.58. The van der Waals surface area contributed by atoms with Crippen molar-refractivity contribution in [1.82, 2.24) is 14.5 Å². The maximum atomic E-state index is 12.9. The first kappa shape index (κ1) is 20.9. The zero-order valence-electron chi connectivity index (χ0n) is 16.3. The van der Waals surface area contributed by atoms with Crippen molar-refractivity contribution in [3.05, 3.63) is 29.3 Å². The number of benzene rings is 1. The number of hydrogen-bond acceptors (Lipinski definition) is 4. The molecule has 1 fully saturated rings. The predicted octanol–water partition coefficient (Wildman–Crippen LogP) is 2.10. The van der Waals surface area contributed by atoms with Gasteiger partial charge in [0.15, 0.2) is 0 Å². The van der Waals surface area contributed by atoms with Gasteiger partial charge in [-0.1, -0.05) is 19.9 Å². The van der Waals surface area contributed by atoms with E-state index in [0.717, 1.165) is 32.5 Å². The van der Waals surface area contributed by atoms with Gasteiger partial charge in [0.25, 0.3) is 5.91 Å². The third-order valence-corrected chi connectivity index (χ3v) is 7.34. The number of sulfonamides is 1. The Morgan fingerprint density at radius 1 is 1.23 bits per heavy atom. The molecule has 6 nitrogen and oxygen atoms in total. The normalized spacial score (nSPS) is 16.3. The number of nitrogens with one attached hydrogen (secondary N) is 1. The standard InChI is InChI=1S/C19H31N3O3S/c1-5-22(6-2)26(24,25)18-13-17(8-7-15(18)3)19(23)21-11-9-16(10-12-21)14-20-4/h7-8,13,16,20H,5-6,9-12,14H2,1-4H3. The second kappa shape index (κ2) is 8.97. The summed E-state index contributed by atoms with van der Waals surface area (Å²) in [5, 5.41) is 3.19. The van der Waals surface area contributed by atoms with E-state index in [1.165, 1.54) is 4.31 Å². The van der Waals surface area contributed by atoms with Crippen molar-refractivity contribution in [1.29, 1.82) is 0 Å². The number of carbonyl (C=O) groups is 1. The van der Waals surface area contributed by atoms with Crippen LogP contribution in [0.2, 0.25) is 0 Å². The zero-order chi connectivity index (χ0) is 19.3. The Bertz CT molecular complexity index is 722. The molecule has 26 heavy (non-hydrogen) atoms. The molecule has 1 aliphatic heterocycles. The molecule has 0 atom stereocenters. The quantitative estimate of drug-likeness (QED) is 0.785. The average Bonchev–Trinajstić information content (AvgIpc) is 2.63. The highest BCUT2D eigenvalue weighted by Gasteiger charge is 2.27. The van der Waals surface area contributed by atoms with E-state index in [-0.39, 0.29) is 10.8 Å². The van der Waals surface area contributed by atoms with Crippen LogP contribution in [-0.4, -0.2) is 63.3 Å². The van der Waals surface area contributed by atoms with Crippen LogP contribution in [0.5, 0.6) is 0 Å². The molecule has 1 aromatic rings. The zero-order valence-corrected chi connectivity index (χ0v) is 17.1. The second-order valence-corrected chi connectivity index (χ2v) is 8.77. The number of nitrogens with zero attached hydrogens (tertiary/aromatic N) is 2. The fraction of sp³-hybridized carbons (Fsp3) is 0.632. The minimum Gasteiger partial charge on any atom is -0.339 e. The Labute approximate surface area is 157 Å². The molecule has 2 rings (SSSR count). The summed E-state index contributed by atoms with van der Waals surface area (Å²) in [6, 6.07) is 5.01. The smallest absolute Gasteiger partial charge is 0.253 e. The van der Waals surface area contributed by atoms with E-state index in [9.17, 15) is 13.2 Å². The summed E-state index contributed by atoms with van der Waals surface area (Å²) in [5.74, 6) is 0.518. The Balaban J connectivity index is 2.23. The Hall–Kier alpha value is -1.44. The van der Waals surface area contributed by atoms with Crippen molar-refractivity contribution in [3.63, 3.8) is 0 Å². The summed E-state index contributed by atoms with van der Waals surface area (Å²) in [7, 11) is -1.63. The van der Waals surface area contributed by atoms with Crippen molar-refractivity contribution in [2.45, 2.75) is 38.5 Å². The van der Waals surface area contributed by atoms with Crippen molar-refractivity contribution >= 4 is 15.9 Å². The maximum absolute atomic E-state index is 12.9. The predicted molar refractivity (Wildman–Crippen MR) is 104 cm³/mol. The molecule has 1 N–H and O–H groups in total. The van der Waals surface area contributed by atoms with Crippen LogP contribution in [0.25, 0.3) is 0 Å². The highest BCUT2D eigenvalue weighted by molar-refractivity contribution is 7.89. The summed E-state index contributed by atoms with van der Waals surface area (Å²) in [5.41, 5.74) is 1.12. The Morgan fingerprint density at radius 3 is 2.38 bits per heavy atom. The third kappa shape index (κ3) is 4.45. The molecule has 1 aromatic carbocycles. The molecule has 0 aliphatic carbocycles. The molecule has 1 heterocycles. The van der Waals surface area contributed by atoms with Gasteiger partial charge >= 0.3 is 0 Å². The molecule has 146 valence electrons. The number of rotatable bonds is 7. The third-order valence-electron chi connectivity index (χ3n) is 5.15. The van der Waals surface area contributed by atoms with Gasteiger partial charge < -0.3 is 10.2 Å². The summed E-state index contributed by atoms with van der Waals surface area (Å²) >= 11 is 0. The number of amides is 1. The number of likely N-dealkylation sites (tertiary alicyclic amines) is 1. The van der Waals surface area contributed by atoms with Crippen LogP contribution in [0.15, 0.2) is 23.1 Å². The van der Waals surface area contributed by atoms with E-state index < -0.39 is 10.0 Å². The fourth-order valence-corrected chi connectivity index (χ4v) is 5.23. The van der Waals surface area contributed by atoms with Crippen molar-refractivity contribution in [2.24, 2.45) is 5.92 Å². The summed E-state index contributed by atoms with van der Waals surface area (Å²) < 4.78 is 27.2. The van der Waals surface area contributed by atoms with Crippen LogP contribution < -0.4 is 5.32 Å². The van der Waals surface area contributed by atoms with Gasteiger partial charge in [0.05, 0.1) is 4.90 Å². The van der Waals surface area contributed by atoms with Crippen molar-refractivity contribution in [2.75, 3.05) is 39.8 Å². The van der Waals surface area contributed by atoms with Crippen LogP contribution >= 0.6 is 0 Å². The molecule has 1 amide bonds. The molecule has 0 unspecified atom stereocenters. The lowest BCUT2D eigenvalue weighted by atomic mass is 9.96. The van der Waals surface area contributed by atoms with Crippen LogP contribution in [0.3, 0.4) is 0 Å². The topological polar surface area (TPSA) is 69.7 Å². The lowest BCUT2D eigenvalue weighted by molar-refractivity contribution is 0.0690. The Kier molecular flexibility index (Phi) is 7.20. The number of aryl methyl sites for hydroxylation is 1. The molecule has 1 aliphatic rings. The first-order chi connectivity index (χ1) is 12.3. The van der Waals surface area contributed by atoms with Crippen LogP contribution in [0.4, 0.5) is 0 Å². The van der Waals surface area contributed by atoms with Gasteiger partial charge in [0.1, 0.15) is 0 Å². The first-order valence-electron chi connectivity index (χ1n) is 9.39. The lowest BCUT2D eigenvalue weighted by Crippen LogP contribution is -2.40. The van der Waals surface area contributed by atoms with E-state index in [1.54, 1.807) is 25.1 Å². The van der Waals surface area contributed by atoms with Crippen molar-refractivity contribution in [3.8, 4) is 0 Å². The van der Waals surface area contributed by atoms with E-state index in [4.69, 9.17) is 0 Å². The van der Waals surface area contributed by atoms with Gasteiger partial charge in [0.2, 0.25) is 10.0 Å². The molecule has 0 spiro atoms. The molecular weight excluding hydrogens is 350 g/mol. The highest BCUT2D eigenvalue weighted by atomic mass is 32.2. The van der Waals surface area contributed by atoms with E-state index >= 15 is 0 Å². The molecule has 7 heteroatoms. The van der Waals surface area contributed by atoms with Crippen LogP contribution in [0, 0.1) is 12.8 Å². The van der Waals surface area contributed by atoms with Crippen LogP contribution in [-0.2, 0) is 10.0 Å². The van der Waals surface area contributed by atoms with Crippen molar-refractivity contribution < 1.29 is 13.2 Å². The molecule has 0 saturated carbocycles. The largest absolute Gasteiger partial charge is 0.339 e. The van der Waals surface area contributed by atoms with Gasteiger partial charge in [-0.15, -0.1) is 0 Å². The Morgan fingerprint density at radius 2 is 1.85 bits per heavy atom. The highest BCUT2D eigenvalue weighted by Crippen LogP contribution is 2.24. The molecule has 0 radical (unpaired) electrons. The number of piperidine rings is 1. The summed E-state index contributed by atoms with van der Waals surface area (Å²) in [4.78, 5) is 14.9.